The maximum Gasteiger partial charge on any atom is 0.335 e. The summed E-state index contributed by atoms with van der Waals surface area (Å²) in [6, 6.07) is 15.9. The number of ether oxygens (including phenoxy) is 1. The van der Waals surface area contributed by atoms with Gasteiger partial charge in [-0.25, -0.2) is 13.6 Å². The maximum atomic E-state index is 15.3. The van der Waals surface area contributed by atoms with E-state index in [2.05, 4.69) is 11.5 Å². The van der Waals surface area contributed by atoms with E-state index in [0.717, 1.165) is 68.0 Å². The first-order chi connectivity index (χ1) is 27.6. The second-order valence-electron chi connectivity index (χ2n) is 15.2. The number of carboxylic acids is 1. The summed E-state index contributed by atoms with van der Waals surface area (Å²) in [5, 5.41) is 17.4. The number of anilines is 1. The molecule has 0 saturated heterocycles. The van der Waals surface area contributed by atoms with Crippen LogP contribution in [0.5, 0.6) is 5.75 Å². The molecule has 298 valence electrons. The standard InChI is InChI=1S/C45H41Cl2F2N5O4/c1-23-16-30(17-24(2)41(23)47)58-15-7-8-31-32-11-12-34(46)40(39-26(4)50-51(6)27(39)5)42(32)54-25(3)20-53(44(55)43(31)54)38-22-52(21-28-9-13-35(48)36(49)18-28)37-14-10-29(45(56)57)19-33(37)38/h9-14,16-19,22,25H,7-8,15,20-21H2,1-6H3,(H,56,57)/t25-/m1/s1. The highest BCUT2D eigenvalue weighted by molar-refractivity contribution is 6.35. The van der Waals surface area contributed by atoms with Gasteiger partial charge < -0.3 is 23.9 Å². The fourth-order valence-electron chi connectivity index (χ4n) is 8.53. The number of carbonyl (C=O) groups excluding carboxylic acids is 1. The third-order valence-corrected chi connectivity index (χ3v) is 12.2. The van der Waals surface area contributed by atoms with Crippen molar-refractivity contribution in [3.8, 4) is 16.9 Å². The minimum atomic E-state index is -1.11. The molecule has 4 heterocycles. The summed E-state index contributed by atoms with van der Waals surface area (Å²) < 4.78 is 40.2. The van der Waals surface area contributed by atoms with Gasteiger partial charge in [0.05, 0.1) is 39.6 Å². The van der Waals surface area contributed by atoms with Gasteiger partial charge in [-0.2, -0.15) is 5.10 Å². The van der Waals surface area contributed by atoms with Gasteiger partial charge in [-0.15, -0.1) is 0 Å². The molecule has 1 aliphatic rings. The summed E-state index contributed by atoms with van der Waals surface area (Å²) in [5.41, 5.74) is 9.21. The quantitative estimate of drug-likeness (QED) is 0.139. The van der Waals surface area contributed by atoms with Crippen LogP contribution in [0.25, 0.3) is 32.9 Å². The van der Waals surface area contributed by atoms with Crippen LogP contribution < -0.4 is 9.64 Å². The zero-order valence-electron chi connectivity index (χ0n) is 32.9. The van der Waals surface area contributed by atoms with Gasteiger partial charge in [0.15, 0.2) is 11.6 Å². The molecule has 0 radical (unpaired) electrons. The number of hydrogen-bond acceptors (Lipinski definition) is 4. The van der Waals surface area contributed by atoms with Crippen LogP contribution in [0.3, 0.4) is 0 Å². The molecule has 58 heavy (non-hydrogen) atoms. The summed E-state index contributed by atoms with van der Waals surface area (Å²) in [5.74, 6) is -2.58. The first kappa shape index (κ1) is 39.2. The van der Waals surface area contributed by atoms with Gasteiger partial charge in [-0.05, 0) is 118 Å². The number of hydrogen-bond donors (Lipinski definition) is 1. The number of carbonyl (C=O) groups is 2. The van der Waals surface area contributed by atoms with Crippen molar-refractivity contribution < 1.29 is 28.2 Å². The fraction of sp³-hybridized carbons (Fsp3) is 0.267. The van der Waals surface area contributed by atoms with Gasteiger partial charge in [0.1, 0.15) is 11.4 Å². The largest absolute Gasteiger partial charge is 0.494 e. The van der Waals surface area contributed by atoms with Crippen LogP contribution in [0.4, 0.5) is 14.5 Å². The lowest BCUT2D eigenvalue weighted by Gasteiger charge is -2.34. The Bertz CT molecular complexity index is 2820. The lowest BCUT2D eigenvalue weighted by atomic mass is 9.98. The Morgan fingerprint density at radius 3 is 2.36 bits per heavy atom. The van der Waals surface area contributed by atoms with Crippen LogP contribution in [-0.4, -0.2) is 49.0 Å². The number of halogens is 4. The van der Waals surface area contributed by atoms with E-state index in [0.29, 0.717) is 57.3 Å². The number of aromatic nitrogens is 4. The Hall–Kier alpha value is -5.65. The second-order valence-corrected chi connectivity index (χ2v) is 16.0. The molecule has 4 aromatic carbocycles. The van der Waals surface area contributed by atoms with E-state index in [-0.39, 0.29) is 30.6 Å². The normalized spacial score (nSPS) is 14.2. The number of amides is 1. The minimum Gasteiger partial charge on any atom is -0.494 e. The van der Waals surface area contributed by atoms with Crippen molar-refractivity contribution in [1.82, 2.24) is 18.9 Å². The number of rotatable bonds is 10. The van der Waals surface area contributed by atoms with E-state index in [4.69, 9.17) is 33.0 Å². The zero-order chi connectivity index (χ0) is 41.3. The first-order valence-electron chi connectivity index (χ1n) is 19.0. The topological polar surface area (TPSA) is 94.5 Å². The Labute approximate surface area is 344 Å². The molecule has 1 aliphatic heterocycles. The van der Waals surface area contributed by atoms with Gasteiger partial charge in [0.25, 0.3) is 5.91 Å². The number of carboxylic acid groups (broad SMARTS) is 1. The molecule has 13 heteroatoms. The molecule has 0 fully saturated rings. The third-order valence-electron chi connectivity index (χ3n) is 11.3. The van der Waals surface area contributed by atoms with Crippen LogP contribution >= 0.6 is 23.2 Å². The Balaban J connectivity index is 1.27. The summed E-state index contributed by atoms with van der Waals surface area (Å²) in [7, 11) is 1.89. The van der Waals surface area contributed by atoms with Crippen LogP contribution in [0.15, 0.2) is 66.9 Å². The highest BCUT2D eigenvalue weighted by Gasteiger charge is 2.38. The number of nitrogens with zero attached hydrogens (tertiary/aromatic N) is 5. The predicted molar refractivity (Wildman–Crippen MR) is 224 cm³/mol. The van der Waals surface area contributed by atoms with Crippen LogP contribution in [-0.2, 0) is 20.0 Å². The van der Waals surface area contributed by atoms with Crippen molar-refractivity contribution in [1.29, 1.82) is 0 Å². The lowest BCUT2D eigenvalue weighted by Crippen LogP contribution is -2.42. The number of aryl methyl sites for hydroxylation is 5. The molecular formula is C45H41Cl2F2N5O4. The van der Waals surface area contributed by atoms with Crippen LogP contribution in [0.1, 0.15) is 73.9 Å². The second kappa shape index (κ2) is 14.9. The monoisotopic (exact) mass is 823 g/mol. The summed E-state index contributed by atoms with van der Waals surface area (Å²) >= 11 is 13.5. The molecule has 8 rings (SSSR count). The van der Waals surface area contributed by atoms with Gasteiger partial charge in [0, 0.05) is 65.0 Å². The molecule has 0 unspecified atom stereocenters. The Kier molecular flexibility index (Phi) is 10.1. The van der Waals surface area contributed by atoms with E-state index >= 15 is 4.79 Å². The number of benzene rings is 4. The maximum absolute atomic E-state index is 15.3. The molecule has 1 amide bonds. The van der Waals surface area contributed by atoms with Crippen LogP contribution in [0, 0.1) is 39.3 Å². The fourth-order valence-corrected chi connectivity index (χ4v) is 8.89. The van der Waals surface area contributed by atoms with Crippen LogP contribution in [0.2, 0.25) is 10.0 Å². The highest BCUT2D eigenvalue weighted by Crippen LogP contribution is 2.46. The average Bonchev–Trinajstić information content (AvgIpc) is 3.79. The Morgan fingerprint density at radius 1 is 0.948 bits per heavy atom. The minimum absolute atomic E-state index is 0.0548. The van der Waals surface area contributed by atoms with Gasteiger partial charge in [-0.1, -0.05) is 35.3 Å². The van der Waals surface area contributed by atoms with Crippen molar-refractivity contribution in [2.75, 3.05) is 18.1 Å². The average molecular weight is 825 g/mol. The van der Waals surface area contributed by atoms with Crippen molar-refractivity contribution in [2.24, 2.45) is 7.05 Å². The lowest BCUT2D eigenvalue weighted by molar-refractivity contribution is 0.0696. The van der Waals surface area contributed by atoms with Gasteiger partial charge in [-0.3, -0.25) is 9.48 Å². The molecule has 3 aromatic heterocycles. The molecule has 7 aromatic rings. The summed E-state index contributed by atoms with van der Waals surface area (Å²) in [6.45, 7) is 10.7. The predicted octanol–water partition coefficient (Wildman–Crippen LogP) is 10.8. The molecule has 0 aliphatic carbocycles. The van der Waals surface area contributed by atoms with E-state index in [1.807, 2.05) is 68.3 Å². The molecule has 1 atom stereocenters. The van der Waals surface area contributed by atoms with Crippen molar-refractivity contribution in [3.63, 3.8) is 0 Å². The molecule has 0 bridgehead atoms. The SMILES string of the molecule is Cc1cc(OCCCc2c3n(c4c(-c5c(C)nn(C)c5C)c(Cl)ccc24)[C@H](C)CN(c2cn(Cc4ccc(F)c(F)c4)c4ccc(C(=O)O)cc24)C3=O)cc(C)c1Cl. The zero-order valence-corrected chi connectivity index (χ0v) is 34.4. The van der Waals surface area contributed by atoms with Crippen molar-refractivity contribution in [2.45, 2.75) is 60.0 Å². The van der Waals surface area contributed by atoms with Crippen molar-refractivity contribution >= 4 is 62.6 Å². The van der Waals surface area contributed by atoms with E-state index in [9.17, 15) is 18.7 Å². The summed E-state index contributed by atoms with van der Waals surface area (Å²) in [6.07, 6.45) is 2.88. The van der Waals surface area contributed by atoms with Gasteiger partial charge >= 0.3 is 5.97 Å². The third kappa shape index (κ3) is 6.60. The molecule has 0 spiro atoms. The molecular weight excluding hydrogens is 783 g/mol. The van der Waals surface area contributed by atoms with E-state index in [1.165, 1.54) is 12.1 Å². The molecule has 9 nitrogen and oxygen atoms in total. The highest BCUT2D eigenvalue weighted by atomic mass is 35.5. The summed E-state index contributed by atoms with van der Waals surface area (Å²) in [4.78, 5) is 29.2. The van der Waals surface area contributed by atoms with E-state index in [1.54, 1.807) is 23.2 Å². The van der Waals surface area contributed by atoms with Gasteiger partial charge in [0.2, 0.25) is 0 Å². The smallest absolute Gasteiger partial charge is 0.335 e. The number of fused-ring (bicyclic) bond motifs is 4. The van der Waals surface area contributed by atoms with Crippen molar-refractivity contribution in [3.05, 3.63) is 133 Å². The van der Waals surface area contributed by atoms with E-state index < -0.39 is 17.6 Å². The number of aromatic carboxylic acids is 1. The molecule has 0 saturated carbocycles. The molecule has 1 N–H and O–H groups in total. The first-order valence-corrected chi connectivity index (χ1v) is 19.8. The Morgan fingerprint density at radius 2 is 1.69 bits per heavy atom.